The molecule has 0 bridgehead atoms. The summed E-state index contributed by atoms with van der Waals surface area (Å²) in [7, 11) is 0. The molecule has 2 N–H and O–H groups in total. The summed E-state index contributed by atoms with van der Waals surface area (Å²) in [5.41, 5.74) is 3.00. The van der Waals surface area contributed by atoms with Crippen LogP contribution in [-0.2, 0) is 0 Å². The Bertz CT molecular complexity index is 935. The van der Waals surface area contributed by atoms with Gasteiger partial charge in [0.1, 0.15) is 0 Å². The van der Waals surface area contributed by atoms with E-state index < -0.39 is 0 Å². The lowest BCUT2D eigenvalue weighted by molar-refractivity contribution is 0.101. The van der Waals surface area contributed by atoms with Crippen LogP contribution in [0.2, 0.25) is 0 Å². The highest BCUT2D eigenvalue weighted by atomic mass is 16.1. The molecule has 2 aromatic carbocycles. The minimum absolute atomic E-state index is 0.00565. The van der Waals surface area contributed by atoms with Crippen molar-refractivity contribution >= 4 is 29.0 Å². The van der Waals surface area contributed by atoms with Gasteiger partial charge in [0.05, 0.1) is 0 Å². The Balaban J connectivity index is 1.66. The number of rotatable bonds is 5. The van der Waals surface area contributed by atoms with Gasteiger partial charge in [0.2, 0.25) is 0 Å². The smallest absolute Gasteiger partial charge is 0.256 e. The fourth-order valence-electron chi connectivity index (χ4n) is 2.32. The van der Waals surface area contributed by atoms with Gasteiger partial charge >= 0.3 is 0 Å². The number of carbonyl (C=O) groups is 2. The SMILES string of the molecule is CC(=O)c1cccc(Nc2ccc(NC(=O)c3ccc(C)cc3)nn2)c1. The van der Waals surface area contributed by atoms with Crippen molar-refractivity contribution in [3.8, 4) is 0 Å². The minimum atomic E-state index is -0.242. The molecule has 6 nitrogen and oxygen atoms in total. The van der Waals surface area contributed by atoms with Crippen molar-refractivity contribution in [2.24, 2.45) is 0 Å². The van der Waals surface area contributed by atoms with Gasteiger partial charge in [0.15, 0.2) is 17.4 Å². The van der Waals surface area contributed by atoms with E-state index in [1.165, 1.54) is 6.92 Å². The lowest BCUT2D eigenvalue weighted by Crippen LogP contribution is -2.13. The van der Waals surface area contributed by atoms with Gasteiger partial charge in [-0.05, 0) is 50.2 Å². The summed E-state index contributed by atoms with van der Waals surface area (Å²) in [6.07, 6.45) is 0. The van der Waals surface area contributed by atoms with Crippen LogP contribution in [0.25, 0.3) is 0 Å². The summed E-state index contributed by atoms with van der Waals surface area (Å²) in [4.78, 5) is 23.6. The molecule has 6 heteroatoms. The Morgan fingerprint density at radius 2 is 1.54 bits per heavy atom. The van der Waals surface area contributed by atoms with Crippen molar-refractivity contribution in [2.45, 2.75) is 13.8 Å². The molecule has 0 saturated heterocycles. The van der Waals surface area contributed by atoms with Gasteiger partial charge in [-0.1, -0.05) is 29.8 Å². The van der Waals surface area contributed by atoms with Crippen molar-refractivity contribution in [3.05, 3.63) is 77.4 Å². The molecule has 1 heterocycles. The highest BCUT2D eigenvalue weighted by molar-refractivity contribution is 6.03. The second-order valence-corrected chi connectivity index (χ2v) is 5.89. The van der Waals surface area contributed by atoms with E-state index >= 15 is 0 Å². The fraction of sp³-hybridized carbons (Fsp3) is 0.100. The average Bonchev–Trinajstić information content (AvgIpc) is 2.64. The van der Waals surface area contributed by atoms with E-state index in [0.717, 1.165) is 11.3 Å². The van der Waals surface area contributed by atoms with E-state index in [4.69, 9.17) is 0 Å². The number of nitrogens with zero attached hydrogens (tertiary/aromatic N) is 2. The maximum Gasteiger partial charge on any atom is 0.256 e. The van der Waals surface area contributed by atoms with E-state index in [2.05, 4.69) is 20.8 Å². The number of hydrogen-bond acceptors (Lipinski definition) is 5. The van der Waals surface area contributed by atoms with Crippen LogP contribution < -0.4 is 10.6 Å². The molecular weight excluding hydrogens is 328 g/mol. The highest BCUT2D eigenvalue weighted by Crippen LogP contribution is 2.17. The third-order valence-electron chi connectivity index (χ3n) is 3.76. The largest absolute Gasteiger partial charge is 0.339 e. The fourth-order valence-corrected chi connectivity index (χ4v) is 2.32. The number of ketones is 1. The molecular formula is C20H18N4O2. The van der Waals surface area contributed by atoms with E-state index in [-0.39, 0.29) is 11.7 Å². The van der Waals surface area contributed by atoms with Crippen molar-refractivity contribution < 1.29 is 9.59 Å². The minimum Gasteiger partial charge on any atom is -0.339 e. The Labute approximate surface area is 151 Å². The lowest BCUT2D eigenvalue weighted by atomic mass is 10.1. The molecule has 0 aliphatic rings. The molecule has 0 radical (unpaired) electrons. The summed E-state index contributed by atoms with van der Waals surface area (Å²) < 4.78 is 0. The van der Waals surface area contributed by atoms with Crippen molar-refractivity contribution in [3.63, 3.8) is 0 Å². The van der Waals surface area contributed by atoms with E-state index in [1.807, 2.05) is 25.1 Å². The molecule has 0 atom stereocenters. The highest BCUT2D eigenvalue weighted by Gasteiger charge is 2.07. The Morgan fingerprint density at radius 3 is 2.19 bits per heavy atom. The maximum absolute atomic E-state index is 12.2. The van der Waals surface area contributed by atoms with E-state index in [9.17, 15) is 9.59 Å². The zero-order valence-corrected chi connectivity index (χ0v) is 14.5. The molecule has 1 amide bonds. The first-order chi connectivity index (χ1) is 12.5. The molecule has 0 saturated carbocycles. The average molecular weight is 346 g/mol. The van der Waals surface area contributed by atoms with Crippen molar-refractivity contribution in [2.75, 3.05) is 10.6 Å². The summed E-state index contributed by atoms with van der Waals surface area (Å²) >= 11 is 0. The topological polar surface area (TPSA) is 84.0 Å². The molecule has 130 valence electrons. The Morgan fingerprint density at radius 1 is 0.846 bits per heavy atom. The van der Waals surface area contributed by atoms with Crippen LogP contribution in [0.15, 0.2) is 60.7 Å². The molecule has 0 aliphatic heterocycles. The number of hydrogen-bond donors (Lipinski definition) is 2. The Hall–Kier alpha value is -3.54. The molecule has 3 rings (SSSR count). The number of amides is 1. The first-order valence-electron chi connectivity index (χ1n) is 8.11. The van der Waals surface area contributed by atoms with Gasteiger partial charge < -0.3 is 10.6 Å². The van der Waals surface area contributed by atoms with Gasteiger partial charge in [0, 0.05) is 16.8 Å². The molecule has 0 aliphatic carbocycles. The quantitative estimate of drug-likeness (QED) is 0.683. The number of Topliss-reactive ketones (excluding diaryl/α,β-unsaturated/α-hetero) is 1. The van der Waals surface area contributed by atoms with Gasteiger partial charge in [-0.3, -0.25) is 9.59 Å². The van der Waals surface area contributed by atoms with Gasteiger partial charge in [-0.15, -0.1) is 10.2 Å². The second-order valence-electron chi connectivity index (χ2n) is 5.89. The number of anilines is 3. The maximum atomic E-state index is 12.2. The van der Waals surface area contributed by atoms with Crippen LogP contribution in [0.3, 0.4) is 0 Å². The van der Waals surface area contributed by atoms with Crippen LogP contribution in [0.4, 0.5) is 17.3 Å². The lowest BCUT2D eigenvalue weighted by Gasteiger charge is -2.08. The standard InChI is InChI=1S/C20H18N4O2/c1-13-6-8-15(9-7-13)20(26)22-19-11-10-18(23-24-19)21-17-5-3-4-16(12-17)14(2)25/h3-12H,1-2H3,(H,21,23)(H,22,24,26). The number of carbonyl (C=O) groups excluding carboxylic acids is 2. The number of aryl methyl sites for hydroxylation is 1. The van der Waals surface area contributed by atoms with Gasteiger partial charge in [0.25, 0.3) is 5.91 Å². The van der Waals surface area contributed by atoms with E-state index in [0.29, 0.717) is 22.8 Å². The van der Waals surface area contributed by atoms with Crippen LogP contribution in [0, 0.1) is 6.92 Å². The monoisotopic (exact) mass is 346 g/mol. The molecule has 0 fully saturated rings. The van der Waals surface area contributed by atoms with Crippen molar-refractivity contribution in [1.82, 2.24) is 10.2 Å². The molecule has 26 heavy (non-hydrogen) atoms. The zero-order valence-electron chi connectivity index (χ0n) is 14.5. The first kappa shape index (κ1) is 17.3. The summed E-state index contributed by atoms with van der Waals surface area (Å²) in [5, 5.41) is 13.8. The molecule has 0 spiro atoms. The van der Waals surface area contributed by atoms with Crippen molar-refractivity contribution in [1.29, 1.82) is 0 Å². The third kappa shape index (κ3) is 4.30. The summed E-state index contributed by atoms with van der Waals surface area (Å²) in [6, 6.07) is 17.8. The molecule has 0 unspecified atom stereocenters. The first-order valence-corrected chi connectivity index (χ1v) is 8.11. The number of benzene rings is 2. The third-order valence-corrected chi connectivity index (χ3v) is 3.76. The van der Waals surface area contributed by atoms with Crippen LogP contribution in [0.1, 0.15) is 33.2 Å². The van der Waals surface area contributed by atoms with Crippen LogP contribution >= 0.6 is 0 Å². The van der Waals surface area contributed by atoms with Crippen LogP contribution in [0.5, 0.6) is 0 Å². The Kier molecular flexibility index (Phi) is 5.03. The molecule has 3 aromatic rings. The number of aromatic nitrogens is 2. The zero-order chi connectivity index (χ0) is 18.5. The molecule has 1 aromatic heterocycles. The predicted octanol–water partition coefficient (Wildman–Crippen LogP) is 3.98. The van der Waals surface area contributed by atoms with Gasteiger partial charge in [-0.2, -0.15) is 0 Å². The number of nitrogens with one attached hydrogen (secondary N) is 2. The summed E-state index contributed by atoms with van der Waals surface area (Å²) in [6.45, 7) is 3.48. The predicted molar refractivity (Wildman–Crippen MR) is 101 cm³/mol. The van der Waals surface area contributed by atoms with Gasteiger partial charge in [-0.25, -0.2) is 0 Å². The second kappa shape index (κ2) is 7.57. The van der Waals surface area contributed by atoms with E-state index in [1.54, 1.807) is 42.5 Å². The summed E-state index contributed by atoms with van der Waals surface area (Å²) in [5.74, 6) is 0.626. The normalized spacial score (nSPS) is 10.2. The van der Waals surface area contributed by atoms with Crippen LogP contribution in [-0.4, -0.2) is 21.9 Å².